The summed E-state index contributed by atoms with van der Waals surface area (Å²) in [6.07, 6.45) is 2.67. The number of rotatable bonds is 0. The SMILES string of the molecule is O=C1CCC=C2C(=O)c3ccccc3C(O)=C12. The van der Waals surface area contributed by atoms with E-state index in [1.807, 2.05) is 0 Å². The lowest BCUT2D eigenvalue weighted by Gasteiger charge is -2.23. The summed E-state index contributed by atoms with van der Waals surface area (Å²) in [5, 5.41) is 10.1. The maximum absolute atomic E-state index is 12.2. The molecule has 84 valence electrons. The van der Waals surface area contributed by atoms with Crippen LogP contribution in [0.4, 0.5) is 0 Å². The fraction of sp³-hybridized carbons (Fsp3) is 0.143. The first-order valence-electron chi connectivity index (χ1n) is 5.51. The fourth-order valence-corrected chi connectivity index (χ4v) is 2.36. The predicted molar refractivity (Wildman–Crippen MR) is 62.6 cm³/mol. The van der Waals surface area contributed by atoms with E-state index in [0.717, 1.165) is 0 Å². The Labute approximate surface area is 98.1 Å². The van der Waals surface area contributed by atoms with Gasteiger partial charge in [0, 0.05) is 23.1 Å². The van der Waals surface area contributed by atoms with Crippen molar-refractivity contribution in [1.82, 2.24) is 0 Å². The molecule has 2 aliphatic rings. The smallest absolute Gasteiger partial charge is 0.194 e. The maximum Gasteiger partial charge on any atom is 0.194 e. The first kappa shape index (κ1) is 10.0. The second-order valence-electron chi connectivity index (χ2n) is 4.18. The van der Waals surface area contributed by atoms with E-state index in [1.54, 1.807) is 30.3 Å². The van der Waals surface area contributed by atoms with Crippen molar-refractivity contribution in [2.24, 2.45) is 0 Å². The maximum atomic E-state index is 12.2. The van der Waals surface area contributed by atoms with E-state index >= 15 is 0 Å². The van der Waals surface area contributed by atoms with Gasteiger partial charge in [-0.2, -0.15) is 0 Å². The minimum Gasteiger partial charge on any atom is -0.507 e. The van der Waals surface area contributed by atoms with E-state index in [2.05, 4.69) is 0 Å². The third-order valence-corrected chi connectivity index (χ3v) is 3.18. The zero-order valence-corrected chi connectivity index (χ0v) is 9.06. The van der Waals surface area contributed by atoms with Crippen molar-refractivity contribution < 1.29 is 14.7 Å². The number of carbonyl (C=O) groups is 2. The highest BCUT2D eigenvalue weighted by atomic mass is 16.3. The monoisotopic (exact) mass is 226 g/mol. The lowest BCUT2D eigenvalue weighted by Crippen LogP contribution is -2.23. The van der Waals surface area contributed by atoms with Crippen LogP contribution in [0.1, 0.15) is 28.8 Å². The van der Waals surface area contributed by atoms with Crippen LogP contribution in [0.5, 0.6) is 0 Å². The van der Waals surface area contributed by atoms with Gasteiger partial charge in [-0.3, -0.25) is 9.59 Å². The van der Waals surface area contributed by atoms with Crippen LogP contribution in [0.15, 0.2) is 41.5 Å². The van der Waals surface area contributed by atoms with Crippen LogP contribution in [0.2, 0.25) is 0 Å². The summed E-state index contributed by atoms with van der Waals surface area (Å²) in [6.45, 7) is 0. The van der Waals surface area contributed by atoms with Crippen molar-refractivity contribution in [1.29, 1.82) is 0 Å². The normalized spacial score (nSPS) is 18.7. The molecule has 0 aromatic heterocycles. The molecule has 0 saturated carbocycles. The Morgan fingerprint density at radius 1 is 1.06 bits per heavy atom. The van der Waals surface area contributed by atoms with Gasteiger partial charge in [-0.05, 0) is 6.42 Å². The number of ketones is 2. The molecule has 0 aliphatic heterocycles. The number of carbonyl (C=O) groups excluding carboxylic acids is 2. The van der Waals surface area contributed by atoms with Crippen LogP contribution in [-0.4, -0.2) is 16.7 Å². The second-order valence-corrected chi connectivity index (χ2v) is 4.18. The van der Waals surface area contributed by atoms with Gasteiger partial charge >= 0.3 is 0 Å². The molecular formula is C14H10O3. The molecule has 3 nitrogen and oxygen atoms in total. The summed E-state index contributed by atoms with van der Waals surface area (Å²) in [7, 11) is 0. The summed E-state index contributed by atoms with van der Waals surface area (Å²) in [5.41, 5.74) is 1.48. The minimum atomic E-state index is -0.165. The first-order chi connectivity index (χ1) is 8.20. The Kier molecular flexibility index (Phi) is 2.01. The van der Waals surface area contributed by atoms with Crippen LogP contribution in [0.3, 0.4) is 0 Å². The van der Waals surface area contributed by atoms with Crippen LogP contribution >= 0.6 is 0 Å². The highest BCUT2D eigenvalue weighted by Gasteiger charge is 2.34. The molecule has 0 saturated heterocycles. The molecule has 3 rings (SSSR count). The molecule has 0 unspecified atom stereocenters. The molecule has 2 aliphatic carbocycles. The van der Waals surface area contributed by atoms with E-state index in [1.165, 1.54) is 0 Å². The standard InChI is InChI=1S/C14H10O3/c15-11-7-3-6-10-12(11)14(17)9-5-2-1-4-8(9)13(10)16/h1-2,4-6,17H,3,7H2. The Morgan fingerprint density at radius 2 is 1.76 bits per heavy atom. The number of benzene rings is 1. The van der Waals surface area contributed by atoms with Crippen molar-refractivity contribution in [2.75, 3.05) is 0 Å². The van der Waals surface area contributed by atoms with Gasteiger partial charge in [0.2, 0.25) is 0 Å². The summed E-state index contributed by atoms with van der Waals surface area (Å²) >= 11 is 0. The summed E-state index contributed by atoms with van der Waals surface area (Å²) < 4.78 is 0. The van der Waals surface area contributed by atoms with Crippen molar-refractivity contribution in [2.45, 2.75) is 12.8 Å². The molecule has 1 aromatic rings. The van der Waals surface area contributed by atoms with Crippen molar-refractivity contribution in [3.63, 3.8) is 0 Å². The number of allylic oxidation sites excluding steroid dienone is 3. The quantitative estimate of drug-likeness (QED) is 0.739. The Morgan fingerprint density at radius 3 is 2.53 bits per heavy atom. The second kappa shape index (κ2) is 3.42. The van der Waals surface area contributed by atoms with Crippen LogP contribution in [-0.2, 0) is 4.79 Å². The van der Waals surface area contributed by atoms with Gasteiger partial charge in [-0.1, -0.05) is 30.3 Å². The molecule has 1 N–H and O–H groups in total. The highest BCUT2D eigenvalue weighted by Crippen LogP contribution is 2.36. The number of fused-ring (bicyclic) bond motifs is 2. The molecule has 0 bridgehead atoms. The molecule has 3 heteroatoms. The number of aliphatic hydroxyl groups excluding tert-OH is 1. The lowest BCUT2D eigenvalue weighted by atomic mass is 9.80. The number of hydrogen-bond donors (Lipinski definition) is 1. The number of hydrogen-bond acceptors (Lipinski definition) is 3. The largest absolute Gasteiger partial charge is 0.507 e. The highest BCUT2D eigenvalue weighted by molar-refractivity contribution is 6.26. The Balaban J connectivity index is 2.36. The zero-order chi connectivity index (χ0) is 12.0. The first-order valence-corrected chi connectivity index (χ1v) is 5.51. The minimum absolute atomic E-state index is 0.0591. The zero-order valence-electron chi connectivity index (χ0n) is 9.06. The molecule has 17 heavy (non-hydrogen) atoms. The van der Waals surface area contributed by atoms with Crippen molar-refractivity contribution in [3.8, 4) is 0 Å². The lowest BCUT2D eigenvalue weighted by molar-refractivity contribution is -0.115. The average Bonchev–Trinajstić information content (AvgIpc) is 2.36. The van der Waals surface area contributed by atoms with E-state index in [9.17, 15) is 14.7 Å². The van der Waals surface area contributed by atoms with Crippen molar-refractivity contribution >= 4 is 17.3 Å². The molecule has 0 spiro atoms. The van der Waals surface area contributed by atoms with E-state index in [-0.39, 0.29) is 22.9 Å². The van der Waals surface area contributed by atoms with Gasteiger partial charge in [0.25, 0.3) is 0 Å². The molecule has 0 heterocycles. The number of aliphatic hydroxyl groups is 1. The molecular weight excluding hydrogens is 216 g/mol. The van der Waals surface area contributed by atoms with Gasteiger partial charge in [0.05, 0.1) is 5.57 Å². The summed E-state index contributed by atoms with van der Waals surface area (Å²) in [6, 6.07) is 6.82. The van der Waals surface area contributed by atoms with E-state index in [0.29, 0.717) is 29.5 Å². The van der Waals surface area contributed by atoms with Gasteiger partial charge in [0.1, 0.15) is 5.76 Å². The van der Waals surface area contributed by atoms with Crippen LogP contribution in [0.25, 0.3) is 5.76 Å². The molecule has 1 aromatic carbocycles. The molecule has 0 fully saturated rings. The molecule has 0 radical (unpaired) electrons. The predicted octanol–water partition coefficient (Wildman–Crippen LogP) is 2.44. The van der Waals surface area contributed by atoms with Gasteiger partial charge < -0.3 is 5.11 Å². The van der Waals surface area contributed by atoms with Gasteiger partial charge in [0.15, 0.2) is 11.6 Å². The summed E-state index contributed by atoms with van der Waals surface area (Å²) in [5.74, 6) is -0.375. The molecule has 0 amide bonds. The van der Waals surface area contributed by atoms with Crippen LogP contribution < -0.4 is 0 Å². The van der Waals surface area contributed by atoms with E-state index in [4.69, 9.17) is 0 Å². The fourth-order valence-electron chi connectivity index (χ4n) is 2.36. The third-order valence-electron chi connectivity index (χ3n) is 3.18. The van der Waals surface area contributed by atoms with Gasteiger partial charge in [-0.15, -0.1) is 0 Å². The Hall–Kier alpha value is -2.16. The summed E-state index contributed by atoms with van der Waals surface area (Å²) in [4.78, 5) is 24.0. The van der Waals surface area contributed by atoms with Crippen molar-refractivity contribution in [3.05, 3.63) is 52.6 Å². The van der Waals surface area contributed by atoms with Crippen LogP contribution in [0, 0.1) is 0 Å². The molecule has 0 atom stereocenters. The van der Waals surface area contributed by atoms with E-state index < -0.39 is 0 Å². The topological polar surface area (TPSA) is 54.4 Å². The average molecular weight is 226 g/mol. The van der Waals surface area contributed by atoms with Gasteiger partial charge in [-0.25, -0.2) is 0 Å². The third kappa shape index (κ3) is 1.29. The number of Topliss-reactive ketones (excluding diaryl/α,β-unsaturated/α-hetero) is 2. The Bertz CT molecular complexity index is 606.